The summed E-state index contributed by atoms with van der Waals surface area (Å²) in [5, 5.41) is 12.3. The molecule has 0 aliphatic carbocycles. The highest BCUT2D eigenvalue weighted by Crippen LogP contribution is 2.40. The van der Waals surface area contributed by atoms with Crippen molar-refractivity contribution in [2.24, 2.45) is 5.92 Å². The third kappa shape index (κ3) is 4.89. The van der Waals surface area contributed by atoms with Crippen molar-refractivity contribution in [3.05, 3.63) is 40.3 Å². The molecule has 1 atom stereocenters. The molecule has 1 unspecified atom stereocenters. The Labute approximate surface area is 181 Å². The highest BCUT2D eigenvalue weighted by molar-refractivity contribution is 7.17. The van der Waals surface area contributed by atoms with Crippen molar-refractivity contribution in [2.45, 2.75) is 33.1 Å². The molecule has 0 saturated carbocycles. The van der Waals surface area contributed by atoms with Crippen LogP contribution in [-0.2, 0) is 9.53 Å². The molecular formula is C23H27N3O3S. The van der Waals surface area contributed by atoms with Gasteiger partial charge in [0.25, 0.3) is 0 Å². The van der Waals surface area contributed by atoms with E-state index in [2.05, 4.69) is 16.3 Å². The molecule has 1 aliphatic rings. The van der Waals surface area contributed by atoms with Gasteiger partial charge in [-0.2, -0.15) is 5.26 Å². The number of hydrogen-bond acceptors (Lipinski definition) is 6. The van der Waals surface area contributed by atoms with Crippen molar-refractivity contribution in [2.75, 3.05) is 32.1 Å². The van der Waals surface area contributed by atoms with Crippen LogP contribution in [0.1, 0.15) is 40.1 Å². The van der Waals surface area contributed by atoms with Crippen LogP contribution in [0.25, 0.3) is 11.1 Å². The first-order chi connectivity index (χ1) is 14.4. The van der Waals surface area contributed by atoms with E-state index in [1.54, 1.807) is 0 Å². The van der Waals surface area contributed by atoms with Crippen LogP contribution < -0.4 is 5.32 Å². The highest BCUT2D eigenvalue weighted by Gasteiger charge is 2.29. The molecule has 6 nitrogen and oxygen atoms in total. The van der Waals surface area contributed by atoms with Crippen LogP contribution >= 0.6 is 11.3 Å². The normalized spacial score (nSPS) is 16.7. The Morgan fingerprint density at radius 3 is 2.70 bits per heavy atom. The maximum Gasteiger partial charge on any atom is 0.341 e. The fourth-order valence-corrected chi connectivity index (χ4v) is 4.96. The number of rotatable bonds is 6. The Hall–Kier alpha value is -2.69. The Morgan fingerprint density at radius 1 is 1.30 bits per heavy atom. The number of nitriles is 1. The van der Waals surface area contributed by atoms with Crippen LogP contribution in [-0.4, -0.2) is 43.5 Å². The number of esters is 1. The number of thiophene rings is 1. The van der Waals surface area contributed by atoms with Gasteiger partial charge in [0.2, 0.25) is 5.91 Å². The number of carbonyl (C=O) groups excluding carboxylic acids is 2. The number of nitrogens with one attached hydrogen (secondary N) is 1. The minimum absolute atomic E-state index is 0.0847. The van der Waals surface area contributed by atoms with E-state index in [4.69, 9.17) is 10.00 Å². The molecule has 7 heteroatoms. The third-order valence-electron chi connectivity index (χ3n) is 5.47. The molecule has 1 aromatic carbocycles. The smallest absolute Gasteiger partial charge is 0.341 e. The molecule has 1 saturated heterocycles. The number of benzene rings is 1. The molecular weight excluding hydrogens is 398 g/mol. The highest BCUT2D eigenvalue weighted by atomic mass is 32.1. The number of methoxy groups -OCH3 is 1. The number of ether oxygens (including phenoxy) is 1. The number of nitrogens with zero attached hydrogens (tertiary/aromatic N) is 2. The Kier molecular flexibility index (Phi) is 7.24. The van der Waals surface area contributed by atoms with Gasteiger partial charge in [0, 0.05) is 30.0 Å². The SMILES string of the molecule is COC(=O)c1c(NC(=O)C2CCCN(CCC#N)C2)sc(C)c1-c1ccc(C)cc1. The zero-order chi connectivity index (χ0) is 21.7. The van der Waals surface area contributed by atoms with Gasteiger partial charge < -0.3 is 15.0 Å². The fraction of sp³-hybridized carbons (Fsp3) is 0.435. The number of hydrogen-bond donors (Lipinski definition) is 1. The van der Waals surface area contributed by atoms with Gasteiger partial charge in [0.05, 0.1) is 19.1 Å². The Bertz CT molecular complexity index is 959. The summed E-state index contributed by atoms with van der Waals surface area (Å²) in [6, 6.07) is 10.1. The van der Waals surface area contributed by atoms with Crippen molar-refractivity contribution in [1.29, 1.82) is 5.26 Å². The summed E-state index contributed by atoms with van der Waals surface area (Å²) in [6.45, 7) is 6.20. The van der Waals surface area contributed by atoms with Gasteiger partial charge in [-0.05, 0) is 38.8 Å². The Morgan fingerprint density at radius 2 is 2.03 bits per heavy atom. The maximum absolute atomic E-state index is 13.0. The van der Waals surface area contributed by atoms with Crippen molar-refractivity contribution in [3.8, 4) is 17.2 Å². The first-order valence-electron chi connectivity index (χ1n) is 10.1. The molecule has 0 radical (unpaired) electrons. The van der Waals surface area contributed by atoms with E-state index >= 15 is 0 Å². The molecule has 158 valence electrons. The lowest BCUT2D eigenvalue weighted by atomic mass is 9.96. The molecule has 0 spiro atoms. The van der Waals surface area contributed by atoms with E-state index < -0.39 is 5.97 Å². The largest absolute Gasteiger partial charge is 0.465 e. The van der Waals surface area contributed by atoms with Crippen LogP contribution in [0, 0.1) is 31.1 Å². The minimum Gasteiger partial charge on any atom is -0.465 e. The molecule has 2 aromatic rings. The fourth-order valence-electron chi connectivity index (χ4n) is 3.89. The standard InChI is InChI=1S/C23H27N3O3S/c1-15-7-9-17(10-8-15)19-16(2)30-22(20(19)23(28)29-3)25-21(27)18-6-4-12-26(14-18)13-5-11-24/h7-10,18H,4-6,12-14H2,1-3H3,(H,25,27). The van der Waals surface area contributed by atoms with Crippen LogP contribution in [0.15, 0.2) is 24.3 Å². The third-order valence-corrected chi connectivity index (χ3v) is 6.49. The maximum atomic E-state index is 13.0. The summed E-state index contributed by atoms with van der Waals surface area (Å²) < 4.78 is 5.04. The lowest BCUT2D eigenvalue weighted by Crippen LogP contribution is -2.41. The van der Waals surface area contributed by atoms with Crippen LogP contribution in [0.3, 0.4) is 0 Å². The lowest BCUT2D eigenvalue weighted by molar-refractivity contribution is -0.121. The van der Waals surface area contributed by atoms with E-state index in [1.807, 2.05) is 38.1 Å². The summed E-state index contributed by atoms with van der Waals surface area (Å²) in [5.74, 6) is -0.698. The quantitative estimate of drug-likeness (QED) is 0.695. The molecule has 1 fully saturated rings. The number of likely N-dealkylation sites (tertiary alicyclic amines) is 1. The van der Waals surface area contributed by atoms with Crippen molar-refractivity contribution < 1.29 is 14.3 Å². The number of aryl methyl sites for hydroxylation is 2. The van der Waals surface area contributed by atoms with E-state index in [-0.39, 0.29) is 11.8 Å². The summed E-state index contributed by atoms with van der Waals surface area (Å²) in [5.41, 5.74) is 3.28. The molecule has 2 heterocycles. The predicted molar refractivity (Wildman–Crippen MR) is 119 cm³/mol. The first-order valence-corrected chi connectivity index (χ1v) is 10.9. The summed E-state index contributed by atoms with van der Waals surface area (Å²) in [7, 11) is 1.36. The monoisotopic (exact) mass is 425 g/mol. The second kappa shape index (κ2) is 9.88. The van der Waals surface area contributed by atoms with Gasteiger partial charge in [-0.1, -0.05) is 29.8 Å². The zero-order valence-electron chi connectivity index (χ0n) is 17.7. The van der Waals surface area contributed by atoms with E-state index in [9.17, 15) is 9.59 Å². The first kappa shape index (κ1) is 22.0. The van der Waals surface area contributed by atoms with Crippen LogP contribution in [0.2, 0.25) is 0 Å². The van der Waals surface area contributed by atoms with Gasteiger partial charge >= 0.3 is 5.97 Å². The molecule has 1 N–H and O–H groups in total. The minimum atomic E-state index is -0.454. The molecule has 3 rings (SSSR count). The van der Waals surface area contributed by atoms with Crippen LogP contribution in [0.4, 0.5) is 5.00 Å². The average molecular weight is 426 g/mol. The summed E-state index contributed by atoms with van der Waals surface area (Å²) >= 11 is 1.40. The van der Waals surface area contributed by atoms with Crippen molar-refractivity contribution >= 4 is 28.2 Å². The number of piperidine rings is 1. The molecule has 1 aromatic heterocycles. The number of amides is 1. The second-order valence-corrected chi connectivity index (χ2v) is 8.86. The van der Waals surface area contributed by atoms with Crippen LogP contribution in [0.5, 0.6) is 0 Å². The van der Waals surface area contributed by atoms with Gasteiger partial charge in [-0.3, -0.25) is 4.79 Å². The zero-order valence-corrected chi connectivity index (χ0v) is 18.5. The molecule has 0 bridgehead atoms. The Balaban J connectivity index is 1.86. The van der Waals surface area contributed by atoms with Gasteiger partial charge in [-0.15, -0.1) is 11.3 Å². The average Bonchev–Trinajstić information content (AvgIpc) is 3.08. The number of carbonyl (C=O) groups is 2. The molecule has 1 aliphatic heterocycles. The number of anilines is 1. The van der Waals surface area contributed by atoms with E-state index in [0.29, 0.717) is 30.1 Å². The van der Waals surface area contributed by atoms with E-state index in [1.165, 1.54) is 18.4 Å². The van der Waals surface area contributed by atoms with Crippen molar-refractivity contribution in [1.82, 2.24) is 4.90 Å². The van der Waals surface area contributed by atoms with Gasteiger partial charge in [0.15, 0.2) is 0 Å². The summed E-state index contributed by atoms with van der Waals surface area (Å²) in [4.78, 5) is 28.7. The van der Waals surface area contributed by atoms with Crippen molar-refractivity contribution in [3.63, 3.8) is 0 Å². The second-order valence-electron chi connectivity index (χ2n) is 7.63. The van der Waals surface area contributed by atoms with Gasteiger partial charge in [-0.25, -0.2) is 4.79 Å². The lowest BCUT2D eigenvalue weighted by Gasteiger charge is -2.31. The van der Waals surface area contributed by atoms with E-state index in [0.717, 1.165) is 41.0 Å². The molecule has 1 amide bonds. The topological polar surface area (TPSA) is 82.4 Å². The van der Waals surface area contributed by atoms with Gasteiger partial charge in [0.1, 0.15) is 10.6 Å². The predicted octanol–water partition coefficient (Wildman–Crippen LogP) is 4.38. The molecule has 30 heavy (non-hydrogen) atoms. The summed E-state index contributed by atoms with van der Waals surface area (Å²) in [6.07, 6.45) is 2.19.